The normalized spacial score (nSPS) is 11.0. The van der Waals surface area contributed by atoms with Gasteiger partial charge in [0.1, 0.15) is 0 Å². The van der Waals surface area contributed by atoms with Crippen LogP contribution in [0.3, 0.4) is 0 Å². The molecule has 1 aromatic rings. The fraction of sp³-hybridized carbons (Fsp3) is 0.556. The summed E-state index contributed by atoms with van der Waals surface area (Å²) >= 11 is 3.39. The molecule has 3 heteroatoms. The predicted octanol–water partition coefficient (Wildman–Crippen LogP) is 2.62. The van der Waals surface area contributed by atoms with Crippen LogP contribution >= 0.6 is 15.9 Å². The number of halogens is 1. The number of hydrogen-bond donors (Lipinski definition) is 1. The van der Waals surface area contributed by atoms with E-state index in [-0.39, 0.29) is 0 Å². The summed E-state index contributed by atoms with van der Waals surface area (Å²) in [5, 5.41) is 0. The molecule has 0 saturated heterocycles. The smallest absolute Gasteiger partial charge is 0.0823 e. The highest BCUT2D eigenvalue weighted by Gasteiger charge is 2.01. The fourth-order valence-corrected chi connectivity index (χ4v) is 1.61. The Bertz CT molecular complexity index is 228. The lowest BCUT2D eigenvalue weighted by molar-refractivity contribution is 0.296. The minimum Gasteiger partial charge on any atom is -0.356 e. The van der Waals surface area contributed by atoms with Gasteiger partial charge in [-0.15, -0.1) is 0 Å². The first-order valence-electron chi connectivity index (χ1n) is 4.31. The van der Waals surface area contributed by atoms with Crippen LogP contribution in [0.15, 0.2) is 16.9 Å². The molecule has 68 valence electrons. The molecule has 1 aromatic heterocycles. The van der Waals surface area contributed by atoms with Crippen LogP contribution in [0.1, 0.15) is 19.4 Å². The third kappa shape index (κ3) is 2.64. The third-order valence-corrected chi connectivity index (χ3v) is 2.47. The molecule has 0 aliphatic rings. The molecule has 2 nitrogen and oxygen atoms in total. The second kappa shape index (κ2) is 4.67. The Hall–Kier alpha value is -0.280. The number of aromatic nitrogens is 1. The maximum absolute atomic E-state index is 3.39. The van der Waals surface area contributed by atoms with Gasteiger partial charge in [-0.2, -0.15) is 0 Å². The van der Waals surface area contributed by atoms with Crippen molar-refractivity contribution >= 4 is 15.9 Å². The van der Waals surface area contributed by atoms with Crippen molar-refractivity contribution in [2.45, 2.75) is 20.4 Å². The average Bonchev–Trinajstić information content (AvgIpc) is 2.47. The highest BCUT2D eigenvalue weighted by atomic mass is 79.9. The molecular formula is C9H15BrN2. The van der Waals surface area contributed by atoms with Crippen LogP contribution in [0, 0.1) is 0 Å². The van der Waals surface area contributed by atoms with E-state index in [0.717, 1.165) is 24.2 Å². The zero-order valence-electron chi connectivity index (χ0n) is 7.60. The van der Waals surface area contributed by atoms with E-state index in [4.69, 9.17) is 0 Å². The maximum atomic E-state index is 3.39. The van der Waals surface area contributed by atoms with Gasteiger partial charge in [0.2, 0.25) is 0 Å². The Labute approximate surface area is 82.1 Å². The van der Waals surface area contributed by atoms with Crippen molar-refractivity contribution in [1.82, 2.24) is 9.88 Å². The van der Waals surface area contributed by atoms with Gasteiger partial charge in [0.15, 0.2) is 0 Å². The van der Waals surface area contributed by atoms with Gasteiger partial charge in [-0.05, 0) is 40.6 Å². The Morgan fingerprint density at radius 1 is 1.42 bits per heavy atom. The van der Waals surface area contributed by atoms with Crippen LogP contribution in [0.5, 0.6) is 0 Å². The Kier molecular flexibility index (Phi) is 3.82. The molecule has 12 heavy (non-hydrogen) atoms. The number of aromatic amines is 1. The zero-order chi connectivity index (χ0) is 8.97. The number of H-pyrrole nitrogens is 1. The summed E-state index contributed by atoms with van der Waals surface area (Å²) in [6.07, 6.45) is 2.04. The van der Waals surface area contributed by atoms with Crippen molar-refractivity contribution < 1.29 is 0 Å². The largest absolute Gasteiger partial charge is 0.356 e. The van der Waals surface area contributed by atoms with E-state index in [1.54, 1.807) is 0 Å². The molecule has 1 N–H and O–H groups in total. The van der Waals surface area contributed by atoms with Gasteiger partial charge < -0.3 is 4.98 Å². The number of hydrogen-bond acceptors (Lipinski definition) is 1. The van der Waals surface area contributed by atoms with Gasteiger partial charge in [-0.3, -0.25) is 4.90 Å². The molecule has 0 spiro atoms. The van der Waals surface area contributed by atoms with Crippen molar-refractivity contribution in [3.63, 3.8) is 0 Å². The monoisotopic (exact) mass is 230 g/mol. The number of nitrogens with zero attached hydrogens (tertiary/aromatic N) is 1. The molecule has 0 aliphatic carbocycles. The van der Waals surface area contributed by atoms with Crippen molar-refractivity contribution in [2.24, 2.45) is 0 Å². The number of nitrogens with one attached hydrogen (secondary N) is 1. The highest BCUT2D eigenvalue weighted by molar-refractivity contribution is 9.10. The lowest BCUT2D eigenvalue weighted by Gasteiger charge is -2.16. The first kappa shape index (κ1) is 9.81. The van der Waals surface area contributed by atoms with E-state index < -0.39 is 0 Å². The van der Waals surface area contributed by atoms with Crippen molar-refractivity contribution in [3.8, 4) is 0 Å². The summed E-state index contributed by atoms with van der Waals surface area (Å²) < 4.78 is 1.06. The van der Waals surface area contributed by atoms with Crippen LogP contribution in [0.2, 0.25) is 0 Å². The molecule has 0 saturated carbocycles. The van der Waals surface area contributed by atoms with E-state index >= 15 is 0 Å². The molecule has 1 rings (SSSR count). The van der Waals surface area contributed by atoms with Gasteiger partial charge >= 0.3 is 0 Å². The molecule has 0 radical (unpaired) electrons. The molecule has 0 aliphatic heterocycles. The summed E-state index contributed by atoms with van der Waals surface area (Å²) in [6.45, 7) is 7.63. The molecule has 0 atom stereocenters. The lowest BCUT2D eigenvalue weighted by atomic mass is 10.3. The van der Waals surface area contributed by atoms with Crippen molar-refractivity contribution in [3.05, 3.63) is 22.4 Å². The summed E-state index contributed by atoms with van der Waals surface area (Å²) in [7, 11) is 0. The first-order chi connectivity index (χ1) is 5.76. The van der Waals surface area contributed by atoms with E-state index in [1.807, 2.05) is 6.20 Å². The SMILES string of the molecule is CCN(CC)Cc1c[nH]c(Br)c1. The zero-order valence-corrected chi connectivity index (χ0v) is 9.19. The molecular weight excluding hydrogens is 216 g/mol. The van der Waals surface area contributed by atoms with Gasteiger partial charge in [0.05, 0.1) is 4.60 Å². The first-order valence-corrected chi connectivity index (χ1v) is 5.10. The van der Waals surface area contributed by atoms with Gasteiger partial charge in [0.25, 0.3) is 0 Å². The third-order valence-electron chi connectivity index (χ3n) is 2.01. The number of rotatable bonds is 4. The van der Waals surface area contributed by atoms with Gasteiger partial charge in [-0.25, -0.2) is 0 Å². The predicted molar refractivity (Wildman–Crippen MR) is 55.1 cm³/mol. The molecule has 0 fully saturated rings. The quantitative estimate of drug-likeness (QED) is 0.843. The highest BCUT2D eigenvalue weighted by Crippen LogP contribution is 2.11. The molecule has 0 amide bonds. The summed E-state index contributed by atoms with van der Waals surface area (Å²) in [5.41, 5.74) is 1.34. The van der Waals surface area contributed by atoms with E-state index in [0.29, 0.717) is 0 Å². The van der Waals surface area contributed by atoms with Crippen LogP contribution in [-0.4, -0.2) is 23.0 Å². The summed E-state index contributed by atoms with van der Waals surface area (Å²) in [5.74, 6) is 0. The Balaban J connectivity index is 2.50. The lowest BCUT2D eigenvalue weighted by Crippen LogP contribution is -2.21. The van der Waals surface area contributed by atoms with Crippen LogP contribution in [0.25, 0.3) is 0 Å². The van der Waals surface area contributed by atoms with E-state index in [2.05, 4.69) is 45.7 Å². The van der Waals surface area contributed by atoms with Gasteiger partial charge in [-0.1, -0.05) is 13.8 Å². The van der Waals surface area contributed by atoms with Crippen LogP contribution < -0.4 is 0 Å². The second-order valence-corrected chi connectivity index (χ2v) is 3.67. The Morgan fingerprint density at radius 3 is 2.50 bits per heavy atom. The fourth-order valence-electron chi connectivity index (χ4n) is 1.20. The minimum atomic E-state index is 1.04. The summed E-state index contributed by atoms with van der Waals surface area (Å²) in [4.78, 5) is 5.50. The molecule has 0 aromatic carbocycles. The van der Waals surface area contributed by atoms with Gasteiger partial charge in [0, 0.05) is 12.7 Å². The molecule has 0 unspecified atom stereocenters. The average molecular weight is 231 g/mol. The topological polar surface area (TPSA) is 19.0 Å². The molecule has 1 heterocycles. The molecule has 0 bridgehead atoms. The van der Waals surface area contributed by atoms with Crippen molar-refractivity contribution in [2.75, 3.05) is 13.1 Å². The standard InChI is InChI=1S/C9H15BrN2/c1-3-12(4-2)7-8-5-9(10)11-6-8/h5-6,11H,3-4,7H2,1-2H3. The van der Waals surface area contributed by atoms with E-state index in [1.165, 1.54) is 5.56 Å². The van der Waals surface area contributed by atoms with Crippen LogP contribution in [0.4, 0.5) is 0 Å². The second-order valence-electron chi connectivity index (χ2n) is 2.82. The van der Waals surface area contributed by atoms with E-state index in [9.17, 15) is 0 Å². The van der Waals surface area contributed by atoms with Crippen LogP contribution in [-0.2, 0) is 6.54 Å². The van der Waals surface area contributed by atoms with Crippen molar-refractivity contribution in [1.29, 1.82) is 0 Å². The maximum Gasteiger partial charge on any atom is 0.0823 e. The summed E-state index contributed by atoms with van der Waals surface area (Å²) in [6, 6.07) is 2.12. The minimum absolute atomic E-state index is 1.04. The Morgan fingerprint density at radius 2 is 2.08 bits per heavy atom.